The standard InChI is InChI=1S/C17H27BrN2/c1-13(2)11-19-12-15-7-8-16(18)10-17(15)20-9-5-4-6-14(20)3/h7-8,10,13-14,19H,4-6,9,11-12H2,1-3H3. The van der Waals surface area contributed by atoms with E-state index < -0.39 is 0 Å². The molecule has 0 bridgehead atoms. The van der Waals surface area contributed by atoms with Crippen LogP contribution in [0.25, 0.3) is 0 Å². The van der Waals surface area contributed by atoms with Gasteiger partial charge in [-0.1, -0.05) is 35.8 Å². The molecule has 1 aliphatic rings. The highest BCUT2D eigenvalue weighted by molar-refractivity contribution is 9.10. The van der Waals surface area contributed by atoms with Crippen molar-refractivity contribution in [3.8, 4) is 0 Å². The van der Waals surface area contributed by atoms with E-state index in [9.17, 15) is 0 Å². The summed E-state index contributed by atoms with van der Waals surface area (Å²) in [6, 6.07) is 7.36. The number of benzene rings is 1. The van der Waals surface area contributed by atoms with Gasteiger partial charge in [-0.2, -0.15) is 0 Å². The summed E-state index contributed by atoms with van der Waals surface area (Å²) in [6.45, 7) is 10.1. The number of hydrogen-bond donors (Lipinski definition) is 1. The molecule has 1 unspecified atom stereocenters. The fourth-order valence-electron chi connectivity index (χ4n) is 2.91. The van der Waals surface area contributed by atoms with E-state index >= 15 is 0 Å². The smallest absolute Gasteiger partial charge is 0.0425 e. The Kier molecular flexibility index (Phi) is 5.91. The number of nitrogens with zero attached hydrogens (tertiary/aromatic N) is 1. The lowest BCUT2D eigenvalue weighted by atomic mass is 10.0. The van der Waals surface area contributed by atoms with Gasteiger partial charge in [0.05, 0.1) is 0 Å². The molecule has 0 radical (unpaired) electrons. The van der Waals surface area contributed by atoms with Gasteiger partial charge in [-0.25, -0.2) is 0 Å². The maximum Gasteiger partial charge on any atom is 0.0425 e. The van der Waals surface area contributed by atoms with Crippen molar-refractivity contribution in [3.63, 3.8) is 0 Å². The molecule has 1 saturated heterocycles. The second-order valence-corrected chi connectivity index (χ2v) is 7.25. The van der Waals surface area contributed by atoms with Gasteiger partial charge in [-0.3, -0.25) is 0 Å². The van der Waals surface area contributed by atoms with Crippen molar-refractivity contribution in [1.82, 2.24) is 5.32 Å². The molecule has 0 saturated carbocycles. The maximum absolute atomic E-state index is 3.63. The topological polar surface area (TPSA) is 15.3 Å². The molecule has 1 aliphatic heterocycles. The zero-order chi connectivity index (χ0) is 14.5. The van der Waals surface area contributed by atoms with Crippen LogP contribution in [0, 0.1) is 5.92 Å². The van der Waals surface area contributed by atoms with Crippen molar-refractivity contribution in [3.05, 3.63) is 28.2 Å². The van der Waals surface area contributed by atoms with E-state index in [2.05, 4.69) is 65.1 Å². The summed E-state index contributed by atoms with van der Waals surface area (Å²) >= 11 is 3.63. The third kappa shape index (κ3) is 4.23. The van der Waals surface area contributed by atoms with Crippen LogP contribution >= 0.6 is 15.9 Å². The van der Waals surface area contributed by atoms with Gasteiger partial charge in [0, 0.05) is 29.3 Å². The number of piperidine rings is 1. The first-order valence-corrected chi connectivity index (χ1v) is 8.63. The largest absolute Gasteiger partial charge is 0.369 e. The zero-order valence-electron chi connectivity index (χ0n) is 13.0. The average molecular weight is 339 g/mol. The summed E-state index contributed by atoms with van der Waals surface area (Å²) in [4.78, 5) is 2.58. The van der Waals surface area contributed by atoms with Gasteiger partial charge in [-0.05, 0) is 56.3 Å². The molecule has 2 nitrogen and oxygen atoms in total. The number of anilines is 1. The van der Waals surface area contributed by atoms with Crippen LogP contribution < -0.4 is 10.2 Å². The van der Waals surface area contributed by atoms with E-state index in [4.69, 9.17) is 0 Å². The number of rotatable bonds is 5. The fourth-order valence-corrected chi connectivity index (χ4v) is 3.25. The molecule has 112 valence electrons. The Morgan fingerprint density at radius 1 is 1.35 bits per heavy atom. The monoisotopic (exact) mass is 338 g/mol. The molecule has 0 amide bonds. The Labute approximate surface area is 132 Å². The second kappa shape index (κ2) is 7.46. The van der Waals surface area contributed by atoms with Crippen LogP contribution in [0.15, 0.2) is 22.7 Å². The Morgan fingerprint density at radius 3 is 2.85 bits per heavy atom. The first kappa shape index (κ1) is 15.8. The Morgan fingerprint density at radius 2 is 2.15 bits per heavy atom. The summed E-state index contributed by atoms with van der Waals surface area (Å²) in [5.74, 6) is 0.697. The summed E-state index contributed by atoms with van der Waals surface area (Å²) in [6.07, 6.45) is 3.99. The van der Waals surface area contributed by atoms with Crippen LogP contribution in [0.5, 0.6) is 0 Å². The highest BCUT2D eigenvalue weighted by Gasteiger charge is 2.20. The quantitative estimate of drug-likeness (QED) is 0.845. The highest BCUT2D eigenvalue weighted by Crippen LogP contribution is 2.30. The molecule has 1 fully saturated rings. The van der Waals surface area contributed by atoms with Crippen LogP contribution in [-0.2, 0) is 6.54 Å². The van der Waals surface area contributed by atoms with Gasteiger partial charge in [0.15, 0.2) is 0 Å². The van der Waals surface area contributed by atoms with E-state index in [1.807, 2.05) is 0 Å². The van der Waals surface area contributed by atoms with Crippen molar-refractivity contribution >= 4 is 21.6 Å². The maximum atomic E-state index is 3.63. The van der Waals surface area contributed by atoms with E-state index in [0.29, 0.717) is 12.0 Å². The number of nitrogens with one attached hydrogen (secondary N) is 1. The third-order valence-electron chi connectivity index (χ3n) is 4.03. The zero-order valence-corrected chi connectivity index (χ0v) is 14.5. The molecular weight excluding hydrogens is 312 g/mol. The summed E-state index contributed by atoms with van der Waals surface area (Å²) < 4.78 is 1.18. The predicted molar refractivity (Wildman–Crippen MR) is 91.3 cm³/mol. The van der Waals surface area contributed by atoms with Gasteiger partial charge in [-0.15, -0.1) is 0 Å². The lowest BCUT2D eigenvalue weighted by molar-refractivity contribution is 0.482. The third-order valence-corrected chi connectivity index (χ3v) is 4.52. The molecule has 0 spiro atoms. The van der Waals surface area contributed by atoms with Crippen molar-refractivity contribution in [2.45, 2.75) is 52.6 Å². The molecule has 2 rings (SSSR count). The average Bonchev–Trinajstić information content (AvgIpc) is 2.41. The van der Waals surface area contributed by atoms with Crippen LogP contribution in [0.2, 0.25) is 0 Å². The minimum atomic E-state index is 0.655. The van der Waals surface area contributed by atoms with Gasteiger partial charge >= 0.3 is 0 Å². The van der Waals surface area contributed by atoms with Crippen molar-refractivity contribution < 1.29 is 0 Å². The van der Waals surface area contributed by atoms with Gasteiger partial charge in [0.25, 0.3) is 0 Å². The first-order valence-electron chi connectivity index (χ1n) is 7.83. The minimum absolute atomic E-state index is 0.655. The summed E-state index contributed by atoms with van der Waals surface area (Å²) in [5.41, 5.74) is 2.82. The fraction of sp³-hybridized carbons (Fsp3) is 0.647. The van der Waals surface area contributed by atoms with E-state index in [0.717, 1.165) is 13.1 Å². The van der Waals surface area contributed by atoms with E-state index in [1.165, 1.54) is 41.5 Å². The van der Waals surface area contributed by atoms with Crippen molar-refractivity contribution in [1.29, 1.82) is 0 Å². The SMILES string of the molecule is CC(C)CNCc1ccc(Br)cc1N1CCCCC1C. The molecule has 3 heteroatoms. The van der Waals surface area contributed by atoms with Crippen LogP contribution in [-0.4, -0.2) is 19.1 Å². The van der Waals surface area contributed by atoms with Crippen LogP contribution in [0.3, 0.4) is 0 Å². The van der Waals surface area contributed by atoms with Gasteiger partial charge in [0.1, 0.15) is 0 Å². The lowest BCUT2D eigenvalue weighted by Gasteiger charge is -2.37. The molecule has 1 heterocycles. The van der Waals surface area contributed by atoms with E-state index in [1.54, 1.807) is 0 Å². The molecule has 1 aromatic rings. The molecule has 1 N–H and O–H groups in total. The summed E-state index contributed by atoms with van der Waals surface area (Å²) in [5, 5.41) is 3.57. The lowest BCUT2D eigenvalue weighted by Crippen LogP contribution is -2.38. The predicted octanol–water partition coefficient (Wildman–Crippen LogP) is 4.57. The van der Waals surface area contributed by atoms with Crippen LogP contribution in [0.4, 0.5) is 5.69 Å². The molecule has 0 aromatic heterocycles. The molecular formula is C17H27BrN2. The summed E-state index contributed by atoms with van der Waals surface area (Å²) in [7, 11) is 0. The van der Waals surface area contributed by atoms with E-state index in [-0.39, 0.29) is 0 Å². The van der Waals surface area contributed by atoms with Gasteiger partial charge < -0.3 is 10.2 Å². The number of hydrogen-bond acceptors (Lipinski definition) is 2. The van der Waals surface area contributed by atoms with Crippen molar-refractivity contribution in [2.75, 3.05) is 18.0 Å². The molecule has 0 aliphatic carbocycles. The van der Waals surface area contributed by atoms with Crippen molar-refractivity contribution in [2.24, 2.45) is 5.92 Å². The normalized spacial score (nSPS) is 19.6. The molecule has 20 heavy (non-hydrogen) atoms. The minimum Gasteiger partial charge on any atom is -0.369 e. The Balaban J connectivity index is 2.14. The first-order chi connectivity index (χ1) is 9.58. The highest BCUT2D eigenvalue weighted by atomic mass is 79.9. The Bertz CT molecular complexity index is 431. The number of halogens is 1. The van der Waals surface area contributed by atoms with Crippen LogP contribution in [0.1, 0.15) is 45.6 Å². The Hall–Kier alpha value is -0.540. The van der Waals surface area contributed by atoms with Gasteiger partial charge in [0.2, 0.25) is 0 Å². The molecule has 1 aromatic carbocycles. The second-order valence-electron chi connectivity index (χ2n) is 6.34. The molecule has 1 atom stereocenters.